The summed E-state index contributed by atoms with van der Waals surface area (Å²) in [5, 5.41) is 7.39. The van der Waals surface area contributed by atoms with Crippen LogP contribution in [0.25, 0.3) is 10.6 Å². The zero-order valence-corrected chi connectivity index (χ0v) is 13.4. The van der Waals surface area contributed by atoms with Gasteiger partial charge in [0.2, 0.25) is 0 Å². The van der Waals surface area contributed by atoms with Crippen LogP contribution in [0.5, 0.6) is 0 Å². The molecule has 0 bridgehead atoms. The maximum atomic E-state index is 12.1. The maximum Gasteiger partial charge on any atom is 0.257 e. The van der Waals surface area contributed by atoms with E-state index in [0.29, 0.717) is 10.7 Å². The van der Waals surface area contributed by atoms with Gasteiger partial charge in [0.25, 0.3) is 5.91 Å². The number of rotatable bonds is 3. The number of halogens is 1. The van der Waals surface area contributed by atoms with Crippen LogP contribution in [0.3, 0.4) is 0 Å². The molecule has 0 atom stereocenters. The van der Waals surface area contributed by atoms with Gasteiger partial charge in [0.1, 0.15) is 0 Å². The van der Waals surface area contributed by atoms with E-state index in [9.17, 15) is 4.79 Å². The number of nitrogens with zero attached hydrogens (tertiary/aromatic N) is 1. The van der Waals surface area contributed by atoms with Gasteiger partial charge in [0.15, 0.2) is 5.13 Å². The van der Waals surface area contributed by atoms with Gasteiger partial charge in [-0.25, -0.2) is 4.98 Å². The summed E-state index contributed by atoms with van der Waals surface area (Å²) >= 11 is 6.41. The smallest absolute Gasteiger partial charge is 0.257 e. The van der Waals surface area contributed by atoms with Crippen molar-refractivity contribution in [3.8, 4) is 10.6 Å². The SMILES string of the molecule is O=C(Nc1nc(-c2cccs2)cs1)c1ccc(Br)cc1. The normalized spacial score (nSPS) is 10.4. The summed E-state index contributed by atoms with van der Waals surface area (Å²) in [6, 6.07) is 11.2. The largest absolute Gasteiger partial charge is 0.298 e. The molecule has 0 radical (unpaired) electrons. The molecule has 0 saturated carbocycles. The second kappa shape index (κ2) is 5.87. The molecule has 3 aromatic rings. The van der Waals surface area contributed by atoms with Crippen LogP contribution in [-0.4, -0.2) is 10.9 Å². The van der Waals surface area contributed by atoms with E-state index < -0.39 is 0 Å². The van der Waals surface area contributed by atoms with E-state index >= 15 is 0 Å². The number of carbonyl (C=O) groups is 1. The number of thiophene rings is 1. The monoisotopic (exact) mass is 364 g/mol. The molecule has 0 spiro atoms. The van der Waals surface area contributed by atoms with Crippen LogP contribution >= 0.6 is 38.6 Å². The number of hydrogen-bond acceptors (Lipinski definition) is 4. The van der Waals surface area contributed by atoms with Gasteiger partial charge in [0, 0.05) is 15.4 Å². The van der Waals surface area contributed by atoms with Crippen LogP contribution < -0.4 is 5.32 Å². The third kappa shape index (κ3) is 2.98. The summed E-state index contributed by atoms with van der Waals surface area (Å²) < 4.78 is 0.947. The summed E-state index contributed by atoms with van der Waals surface area (Å²) in [7, 11) is 0. The molecule has 2 heterocycles. The first-order chi connectivity index (χ1) is 9.72. The topological polar surface area (TPSA) is 42.0 Å². The van der Waals surface area contributed by atoms with Gasteiger partial charge in [0.05, 0.1) is 10.6 Å². The van der Waals surface area contributed by atoms with E-state index in [1.807, 2.05) is 35.0 Å². The molecule has 6 heteroatoms. The molecule has 20 heavy (non-hydrogen) atoms. The van der Waals surface area contributed by atoms with E-state index in [2.05, 4.69) is 26.2 Å². The summed E-state index contributed by atoms with van der Waals surface area (Å²) in [5.41, 5.74) is 1.51. The first-order valence-corrected chi connectivity index (χ1v) is 8.34. The van der Waals surface area contributed by atoms with Crippen molar-refractivity contribution in [1.82, 2.24) is 4.98 Å². The van der Waals surface area contributed by atoms with E-state index in [1.165, 1.54) is 11.3 Å². The fourth-order valence-electron chi connectivity index (χ4n) is 1.64. The predicted octanol–water partition coefficient (Wildman–Crippen LogP) is 4.89. The fourth-order valence-corrected chi connectivity index (χ4v) is 3.37. The van der Waals surface area contributed by atoms with E-state index in [-0.39, 0.29) is 5.91 Å². The van der Waals surface area contributed by atoms with Gasteiger partial charge in [-0.3, -0.25) is 10.1 Å². The number of hydrogen-bond donors (Lipinski definition) is 1. The lowest BCUT2D eigenvalue weighted by Crippen LogP contribution is -2.11. The third-order valence-corrected chi connectivity index (χ3v) is 4.78. The van der Waals surface area contributed by atoms with Gasteiger partial charge >= 0.3 is 0 Å². The van der Waals surface area contributed by atoms with E-state index in [4.69, 9.17) is 0 Å². The zero-order valence-electron chi connectivity index (χ0n) is 10.2. The molecule has 0 saturated heterocycles. The van der Waals surface area contributed by atoms with E-state index in [1.54, 1.807) is 23.5 Å². The highest BCUT2D eigenvalue weighted by Gasteiger charge is 2.10. The lowest BCUT2D eigenvalue weighted by atomic mass is 10.2. The minimum atomic E-state index is -0.149. The molecule has 1 N–H and O–H groups in total. The van der Waals surface area contributed by atoms with E-state index in [0.717, 1.165) is 15.0 Å². The lowest BCUT2D eigenvalue weighted by Gasteiger charge is -2.01. The summed E-state index contributed by atoms with van der Waals surface area (Å²) in [6.07, 6.45) is 0. The summed E-state index contributed by atoms with van der Waals surface area (Å²) in [6.45, 7) is 0. The van der Waals surface area contributed by atoms with Gasteiger partial charge in [-0.2, -0.15) is 0 Å². The van der Waals surface area contributed by atoms with Crippen molar-refractivity contribution >= 4 is 49.6 Å². The number of amides is 1. The fraction of sp³-hybridized carbons (Fsp3) is 0. The number of carbonyl (C=O) groups excluding carboxylic acids is 1. The highest BCUT2D eigenvalue weighted by molar-refractivity contribution is 9.10. The van der Waals surface area contributed by atoms with Crippen LogP contribution in [0.4, 0.5) is 5.13 Å². The van der Waals surface area contributed by atoms with Crippen LogP contribution in [0.1, 0.15) is 10.4 Å². The lowest BCUT2D eigenvalue weighted by molar-refractivity contribution is 0.102. The molecular formula is C14H9BrN2OS2. The van der Waals surface area contributed by atoms with Gasteiger partial charge in [-0.1, -0.05) is 22.0 Å². The average Bonchev–Trinajstić information content (AvgIpc) is 3.09. The Morgan fingerprint density at radius 3 is 2.65 bits per heavy atom. The van der Waals surface area contributed by atoms with Crippen molar-refractivity contribution in [2.75, 3.05) is 5.32 Å². The summed E-state index contributed by atoms with van der Waals surface area (Å²) in [5.74, 6) is -0.149. The van der Waals surface area contributed by atoms with Crippen LogP contribution in [0.15, 0.2) is 51.6 Å². The highest BCUT2D eigenvalue weighted by Crippen LogP contribution is 2.28. The second-order valence-electron chi connectivity index (χ2n) is 3.98. The van der Waals surface area contributed by atoms with Gasteiger partial charge in [-0.05, 0) is 35.7 Å². The molecule has 100 valence electrons. The number of anilines is 1. The molecule has 0 aliphatic rings. The number of thiazole rings is 1. The van der Waals surface area contributed by atoms with Crippen molar-refractivity contribution in [2.24, 2.45) is 0 Å². The highest BCUT2D eigenvalue weighted by atomic mass is 79.9. The van der Waals surface area contributed by atoms with Crippen LogP contribution in [0.2, 0.25) is 0 Å². The van der Waals surface area contributed by atoms with Gasteiger partial charge < -0.3 is 0 Å². The molecule has 0 aliphatic heterocycles. The molecule has 3 nitrogen and oxygen atoms in total. The molecule has 3 rings (SSSR count). The molecular weight excluding hydrogens is 356 g/mol. The van der Waals surface area contributed by atoms with Crippen LogP contribution in [-0.2, 0) is 0 Å². The number of nitrogens with one attached hydrogen (secondary N) is 1. The van der Waals surface area contributed by atoms with Crippen LogP contribution in [0, 0.1) is 0 Å². The average molecular weight is 365 g/mol. The number of benzene rings is 1. The quantitative estimate of drug-likeness (QED) is 0.718. The Hall–Kier alpha value is -1.50. The van der Waals surface area contributed by atoms with Crippen molar-refractivity contribution < 1.29 is 4.79 Å². The van der Waals surface area contributed by atoms with Crippen molar-refractivity contribution in [1.29, 1.82) is 0 Å². The molecule has 0 aliphatic carbocycles. The molecule has 0 unspecified atom stereocenters. The predicted molar refractivity (Wildman–Crippen MR) is 87.5 cm³/mol. The molecule has 1 amide bonds. The Bertz CT molecular complexity index is 720. The van der Waals surface area contributed by atoms with Crippen molar-refractivity contribution in [3.63, 3.8) is 0 Å². The van der Waals surface area contributed by atoms with Gasteiger partial charge in [-0.15, -0.1) is 22.7 Å². The zero-order chi connectivity index (χ0) is 13.9. The summed E-state index contributed by atoms with van der Waals surface area (Å²) in [4.78, 5) is 17.6. The molecule has 1 aromatic carbocycles. The third-order valence-electron chi connectivity index (χ3n) is 2.60. The van der Waals surface area contributed by atoms with Crippen molar-refractivity contribution in [2.45, 2.75) is 0 Å². The Balaban J connectivity index is 1.75. The minimum Gasteiger partial charge on any atom is -0.298 e. The first-order valence-electron chi connectivity index (χ1n) is 5.79. The number of aromatic nitrogens is 1. The molecule has 2 aromatic heterocycles. The minimum absolute atomic E-state index is 0.149. The Kier molecular flexibility index (Phi) is 3.95. The second-order valence-corrected chi connectivity index (χ2v) is 6.70. The van der Waals surface area contributed by atoms with Crippen molar-refractivity contribution in [3.05, 3.63) is 57.2 Å². The first kappa shape index (κ1) is 13.5. The Morgan fingerprint density at radius 2 is 1.95 bits per heavy atom. The standard InChI is InChI=1S/C14H9BrN2OS2/c15-10-5-3-9(4-6-10)13(18)17-14-16-11(8-20-14)12-2-1-7-19-12/h1-8H,(H,16,17,18). The molecule has 0 fully saturated rings. The Morgan fingerprint density at radius 1 is 1.15 bits per heavy atom. The Labute approximate surface area is 132 Å². The maximum absolute atomic E-state index is 12.1.